The quantitative estimate of drug-likeness (QED) is 0.805. The number of hydrogen-bond acceptors (Lipinski definition) is 2. The summed E-state index contributed by atoms with van der Waals surface area (Å²) in [5, 5.41) is 3.24. The molecule has 1 heterocycles. The molecule has 3 rings (SSSR count). The van der Waals surface area contributed by atoms with E-state index in [1.54, 1.807) is 15.9 Å². The van der Waals surface area contributed by atoms with Gasteiger partial charge < -0.3 is 15.1 Å². The standard InChI is InChI=1S/C21H22ClF2N3O2/c22-17-5-2-1-4-15(17)14-20(28)26-10-12-27(13-11-26)21(29)25-9-8-16-18(23)6-3-7-19(16)24/h1-7H,8-14H2,(H,25,29). The Bertz CT molecular complexity index is 866. The van der Waals surface area contributed by atoms with Gasteiger partial charge >= 0.3 is 6.03 Å². The second-order valence-corrected chi connectivity index (χ2v) is 7.23. The molecule has 0 unspecified atom stereocenters. The monoisotopic (exact) mass is 421 g/mol. The van der Waals surface area contributed by atoms with Crippen LogP contribution >= 0.6 is 11.6 Å². The van der Waals surface area contributed by atoms with Gasteiger partial charge in [-0.15, -0.1) is 0 Å². The van der Waals surface area contributed by atoms with Gasteiger partial charge in [-0.1, -0.05) is 35.9 Å². The number of halogens is 3. The van der Waals surface area contributed by atoms with E-state index in [0.29, 0.717) is 31.2 Å². The molecule has 0 atom stereocenters. The normalized spacial score (nSPS) is 14.0. The highest BCUT2D eigenvalue weighted by atomic mass is 35.5. The molecule has 5 nitrogen and oxygen atoms in total. The van der Waals surface area contributed by atoms with Gasteiger partial charge in [-0.25, -0.2) is 13.6 Å². The second kappa shape index (κ2) is 9.69. The lowest BCUT2D eigenvalue weighted by atomic mass is 10.1. The number of urea groups is 1. The van der Waals surface area contributed by atoms with Crippen LogP contribution in [0.15, 0.2) is 42.5 Å². The Hall–Kier alpha value is -2.67. The van der Waals surface area contributed by atoms with Crippen LogP contribution in [0.1, 0.15) is 11.1 Å². The van der Waals surface area contributed by atoms with Crippen molar-refractivity contribution in [1.29, 1.82) is 0 Å². The molecule has 2 aromatic carbocycles. The maximum Gasteiger partial charge on any atom is 0.317 e. The molecule has 0 aliphatic carbocycles. The fourth-order valence-corrected chi connectivity index (χ4v) is 3.46. The summed E-state index contributed by atoms with van der Waals surface area (Å²) in [6.07, 6.45) is 0.292. The summed E-state index contributed by atoms with van der Waals surface area (Å²) in [5.41, 5.74) is 0.738. The molecule has 0 radical (unpaired) electrons. The molecular weight excluding hydrogens is 400 g/mol. The van der Waals surface area contributed by atoms with Crippen molar-refractivity contribution in [3.8, 4) is 0 Å². The molecule has 154 valence electrons. The lowest BCUT2D eigenvalue weighted by molar-refractivity contribution is -0.131. The first-order valence-electron chi connectivity index (χ1n) is 9.42. The Morgan fingerprint density at radius 2 is 1.55 bits per heavy atom. The van der Waals surface area contributed by atoms with E-state index < -0.39 is 11.6 Å². The Morgan fingerprint density at radius 3 is 2.21 bits per heavy atom. The number of carbonyl (C=O) groups is 2. The van der Waals surface area contributed by atoms with Gasteiger partial charge in [-0.2, -0.15) is 0 Å². The second-order valence-electron chi connectivity index (χ2n) is 6.82. The number of carbonyl (C=O) groups excluding carboxylic acids is 2. The first-order chi connectivity index (χ1) is 14.0. The number of benzene rings is 2. The molecule has 0 spiro atoms. The molecule has 1 aliphatic heterocycles. The number of hydrogen-bond donors (Lipinski definition) is 1. The van der Waals surface area contributed by atoms with Crippen molar-refractivity contribution in [3.05, 3.63) is 70.2 Å². The number of piperazine rings is 1. The molecule has 1 N–H and O–H groups in total. The van der Waals surface area contributed by atoms with Gasteiger partial charge in [0.2, 0.25) is 5.91 Å². The summed E-state index contributed by atoms with van der Waals surface area (Å²) in [6.45, 7) is 1.78. The predicted molar refractivity (Wildman–Crippen MR) is 107 cm³/mol. The average Bonchev–Trinajstić information content (AvgIpc) is 2.72. The van der Waals surface area contributed by atoms with Crippen LogP contribution in [0.3, 0.4) is 0 Å². The summed E-state index contributed by atoms with van der Waals surface area (Å²) in [6, 6.07) is 10.6. The zero-order valence-corrected chi connectivity index (χ0v) is 16.6. The van der Waals surface area contributed by atoms with E-state index in [4.69, 9.17) is 11.6 Å². The molecule has 29 heavy (non-hydrogen) atoms. The first kappa shape index (κ1) is 21.0. The van der Waals surface area contributed by atoms with Crippen molar-refractivity contribution in [2.24, 2.45) is 0 Å². The van der Waals surface area contributed by atoms with Gasteiger partial charge in [0.25, 0.3) is 0 Å². The van der Waals surface area contributed by atoms with Crippen LogP contribution in [0.25, 0.3) is 0 Å². The minimum Gasteiger partial charge on any atom is -0.339 e. The minimum absolute atomic E-state index is 0.0341. The number of rotatable bonds is 5. The third-order valence-electron chi connectivity index (χ3n) is 4.93. The molecular formula is C21H22ClF2N3O2. The number of amides is 3. The van der Waals surface area contributed by atoms with Crippen LogP contribution in [-0.2, 0) is 17.6 Å². The molecule has 0 bridgehead atoms. The van der Waals surface area contributed by atoms with Gasteiger partial charge in [0.1, 0.15) is 11.6 Å². The van der Waals surface area contributed by atoms with Crippen molar-refractivity contribution >= 4 is 23.5 Å². The lowest BCUT2D eigenvalue weighted by Crippen LogP contribution is -2.53. The average molecular weight is 422 g/mol. The molecule has 8 heteroatoms. The number of nitrogens with one attached hydrogen (secondary N) is 1. The van der Waals surface area contributed by atoms with Gasteiger partial charge in [-0.05, 0) is 30.2 Å². The van der Waals surface area contributed by atoms with E-state index in [1.807, 2.05) is 18.2 Å². The van der Waals surface area contributed by atoms with Gasteiger partial charge in [0.15, 0.2) is 0 Å². The highest BCUT2D eigenvalue weighted by molar-refractivity contribution is 6.31. The maximum absolute atomic E-state index is 13.6. The first-order valence-corrected chi connectivity index (χ1v) is 9.80. The Kier molecular flexibility index (Phi) is 7.04. The molecule has 2 aromatic rings. The molecule has 1 aliphatic rings. The third-order valence-corrected chi connectivity index (χ3v) is 5.30. The van der Waals surface area contributed by atoms with Gasteiger partial charge in [0, 0.05) is 43.3 Å². The zero-order valence-electron chi connectivity index (χ0n) is 15.8. The van der Waals surface area contributed by atoms with Crippen LogP contribution in [0.4, 0.5) is 13.6 Å². The molecule has 1 saturated heterocycles. The van der Waals surface area contributed by atoms with Crippen LogP contribution in [0.5, 0.6) is 0 Å². The minimum atomic E-state index is -0.620. The Labute approximate surface area is 173 Å². The van der Waals surface area contributed by atoms with Gasteiger partial charge in [0.05, 0.1) is 6.42 Å². The fraction of sp³-hybridized carbons (Fsp3) is 0.333. The van der Waals surface area contributed by atoms with E-state index in [1.165, 1.54) is 18.2 Å². The van der Waals surface area contributed by atoms with Crippen molar-refractivity contribution in [3.63, 3.8) is 0 Å². The predicted octanol–water partition coefficient (Wildman–Crippen LogP) is 3.26. The third kappa shape index (κ3) is 5.44. The van der Waals surface area contributed by atoms with E-state index in [9.17, 15) is 18.4 Å². The summed E-state index contributed by atoms with van der Waals surface area (Å²) in [4.78, 5) is 28.0. The fourth-order valence-electron chi connectivity index (χ4n) is 3.25. The molecule has 0 aromatic heterocycles. The molecule has 1 fully saturated rings. The smallest absolute Gasteiger partial charge is 0.317 e. The maximum atomic E-state index is 13.6. The zero-order chi connectivity index (χ0) is 20.8. The van der Waals surface area contributed by atoms with E-state index in [0.717, 1.165) is 5.56 Å². The molecule has 0 saturated carbocycles. The molecule has 3 amide bonds. The van der Waals surface area contributed by atoms with Crippen molar-refractivity contribution in [1.82, 2.24) is 15.1 Å². The van der Waals surface area contributed by atoms with E-state index in [-0.39, 0.29) is 36.9 Å². The van der Waals surface area contributed by atoms with Crippen LogP contribution in [0, 0.1) is 11.6 Å². The lowest BCUT2D eigenvalue weighted by Gasteiger charge is -2.34. The Balaban J connectivity index is 1.43. The summed E-state index contributed by atoms with van der Waals surface area (Å²) in [5.74, 6) is -1.28. The SMILES string of the molecule is O=C(Cc1ccccc1Cl)N1CCN(C(=O)NCCc2c(F)cccc2F)CC1. The largest absolute Gasteiger partial charge is 0.339 e. The highest BCUT2D eigenvalue weighted by Gasteiger charge is 2.24. The van der Waals surface area contributed by atoms with Crippen LogP contribution in [0.2, 0.25) is 5.02 Å². The summed E-state index contributed by atoms with van der Waals surface area (Å²) >= 11 is 6.11. The van der Waals surface area contributed by atoms with Gasteiger partial charge in [-0.3, -0.25) is 4.79 Å². The van der Waals surface area contributed by atoms with Crippen molar-refractivity contribution < 1.29 is 18.4 Å². The van der Waals surface area contributed by atoms with Crippen molar-refractivity contribution in [2.75, 3.05) is 32.7 Å². The Morgan fingerprint density at radius 1 is 0.931 bits per heavy atom. The summed E-state index contributed by atoms with van der Waals surface area (Å²) in [7, 11) is 0. The topological polar surface area (TPSA) is 52.7 Å². The van der Waals surface area contributed by atoms with E-state index >= 15 is 0 Å². The van der Waals surface area contributed by atoms with Crippen LogP contribution in [-0.4, -0.2) is 54.5 Å². The highest BCUT2D eigenvalue weighted by Crippen LogP contribution is 2.17. The summed E-state index contributed by atoms with van der Waals surface area (Å²) < 4.78 is 27.2. The van der Waals surface area contributed by atoms with Crippen LogP contribution < -0.4 is 5.32 Å². The number of nitrogens with zero attached hydrogens (tertiary/aromatic N) is 2. The van der Waals surface area contributed by atoms with E-state index in [2.05, 4.69) is 5.32 Å². The van der Waals surface area contributed by atoms with Crippen molar-refractivity contribution in [2.45, 2.75) is 12.8 Å².